The predicted molar refractivity (Wildman–Crippen MR) is 81.9 cm³/mol. The standard InChI is InChI=1S/C17H27NO2/c1-12-6-4-5-7-16(12)20-17(13(2)18)14-8-10-15(19-3)11-9-14/h8-13,16-17H,4-7,18H2,1-3H3. The number of hydrogen-bond donors (Lipinski definition) is 1. The van der Waals surface area contributed by atoms with Gasteiger partial charge in [0.05, 0.1) is 19.3 Å². The van der Waals surface area contributed by atoms with Gasteiger partial charge in [0.2, 0.25) is 0 Å². The van der Waals surface area contributed by atoms with Gasteiger partial charge in [-0.3, -0.25) is 0 Å². The highest BCUT2D eigenvalue weighted by atomic mass is 16.5. The number of benzene rings is 1. The Kier molecular flexibility index (Phi) is 5.44. The summed E-state index contributed by atoms with van der Waals surface area (Å²) in [6.45, 7) is 4.30. The van der Waals surface area contributed by atoms with Gasteiger partial charge in [-0.25, -0.2) is 0 Å². The van der Waals surface area contributed by atoms with E-state index >= 15 is 0 Å². The molecule has 0 radical (unpaired) electrons. The van der Waals surface area contributed by atoms with E-state index in [1.165, 1.54) is 19.3 Å². The van der Waals surface area contributed by atoms with E-state index in [0.29, 0.717) is 12.0 Å². The van der Waals surface area contributed by atoms with Crippen LogP contribution in [0.4, 0.5) is 0 Å². The van der Waals surface area contributed by atoms with E-state index in [4.69, 9.17) is 15.2 Å². The van der Waals surface area contributed by atoms with Crippen molar-refractivity contribution in [1.29, 1.82) is 0 Å². The summed E-state index contributed by atoms with van der Waals surface area (Å²) in [5.41, 5.74) is 7.28. The minimum atomic E-state index is -0.0357. The molecule has 4 unspecified atom stereocenters. The van der Waals surface area contributed by atoms with Crippen molar-refractivity contribution < 1.29 is 9.47 Å². The van der Waals surface area contributed by atoms with Crippen LogP contribution in [0.15, 0.2) is 24.3 Å². The Morgan fingerprint density at radius 3 is 2.35 bits per heavy atom. The molecule has 0 spiro atoms. The van der Waals surface area contributed by atoms with E-state index in [-0.39, 0.29) is 12.1 Å². The van der Waals surface area contributed by atoms with Crippen molar-refractivity contribution in [3.05, 3.63) is 29.8 Å². The Morgan fingerprint density at radius 1 is 1.15 bits per heavy atom. The molecule has 2 rings (SSSR count). The summed E-state index contributed by atoms with van der Waals surface area (Å²) in [5.74, 6) is 1.49. The van der Waals surface area contributed by atoms with Crippen molar-refractivity contribution in [2.45, 2.75) is 57.8 Å². The average molecular weight is 277 g/mol. The highest BCUT2D eigenvalue weighted by Gasteiger charge is 2.27. The summed E-state index contributed by atoms with van der Waals surface area (Å²) in [4.78, 5) is 0. The van der Waals surface area contributed by atoms with E-state index in [9.17, 15) is 0 Å². The van der Waals surface area contributed by atoms with Crippen LogP contribution in [0, 0.1) is 5.92 Å². The lowest BCUT2D eigenvalue weighted by Gasteiger charge is -2.34. The fourth-order valence-electron chi connectivity index (χ4n) is 2.97. The van der Waals surface area contributed by atoms with Gasteiger partial charge < -0.3 is 15.2 Å². The molecular weight excluding hydrogens is 250 g/mol. The van der Waals surface area contributed by atoms with Crippen molar-refractivity contribution in [1.82, 2.24) is 0 Å². The summed E-state index contributed by atoms with van der Waals surface area (Å²) in [6.07, 6.45) is 5.31. The molecular formula is C17H27NO2. The van der Waals surface area contributed by atoms with Crippen LogP contribution < -0.4 is 10.5 Å². The molecule has 0 amide bonds. The molecule has 1 aromatic carbocycles. The van der Waals surface area contributed by atoms with Crippen molar-refractivity contribution in [2.24, 2.45) is 11.7 Å². The zero-order valence-corrected chi connectivity index (χ0v) is 12.8. The van der Waals surface area contributed by atoms with Gasteiger partial charge in [-0.1, -0.05) is 31.9 Å². The van der Waals surface area contributed by atoms with Gasteiger partial charge in [-0.05, 0) is 43.4 Å². The normalized spacial score (nSPS) is 26.0. The minimum absolute atomic E-state index is 0.0162. The first-order valence-corrected chi connectivity index (χ1v) is 7.67. The molecule has 4 atom stereocenters. The Bertz CT molecular complexity index is 402. The van der Waals surface area contributed by atoms with E-state index in [1.807, 2.05) is 19.1 Å². The third-order valence-electron chi connectivity index (χ3n) is 4.28. The maximum absolute atomic E-state index is 6.36. The zero-order chi connectivity index (χ0) is 14.5. The van der Waals surface area contributed by atoms with Gasteiger partial charge in [0.15, 0.2) is 0 Å². The smallest absolute Gasteiger partial charge is 0.118 e. The topological polar surface area (TPSA) is 44.5 Å². The maximum atomic E-state index is 6.36. The van der Waals surface area contributed by atoms with Crippen LogP contribution in [0.2, 0.25) is 0 Å². The SMILES string of the molecule is COc1ccc(C(OC2CCCCC2C)C(C)N)cc1. The lowest BCUT2D eigenvalue weighted by atomic mass is 9.87. The van der Waals surface area contributed by atoms with Crippen LogP contribution in [0.1, 0.15) is 51.2 Å². The zero-order valence-electron chi connectivity index (χ0n) is 12.8. The van der Waals surface area contributed by atoms with Crippen LogP contribution in [-0.4, -0.2) is 19.3 Å². The van der Waals surface area contributed by atoms with Crippen LogP contribution in [-0.2, 0) is 4.74 Å². The molecule has 20 heavy (non-hydrogen) atoms. The summed E-state index contributed by atoms with van der Waals surface area (Å²) in [7, 11) is 1.68. The Hall–Kier alpha value is -1.06. The fourth-order valence-corrected chi connectivity index (χ4v) is 2.97. The lowest BCUT2D eigenvalue weighted by Crippen LogP contribution is -2.34. The molecule has 0 heterocycles. The summed E-state index contributed by atoms with van der Waals surface area (Å²) >= 11 is 0. The number of nitrogens with two attached hydrogens (primary N) is 1. The molecule has 1 aliphatic carbocycles. The molecule has 0 bridgehead atoms. The number of methoxy groups -OCH3 is 1. The second-order valence-electron chi connectivity index (χ2n) is 5.99. The van der Waals surface area contributed by atoms with Crippen LogP contribution in [0.3, 0.4) is 0 Å². The molecule has 1 aromatic rings. The molecule has 1 fully saturated rings. The average Bonchev–Trinajstić information content (AvgIpc) is 2.46. The van der Waals surface area contributed by atoms with Crippen molar-refractivity contribution in [3.8, 4) is 5.75 Å². The number of hydrogen-bond acceptors (Lipinski definition) is 3. The van der Waals surface area contributed by atoms with Gasteiger partial charge in [-0.2, -0.15) is 0 Å². The lowest BCUT2D eigenvalue weighted by molar-refractivity contribution is -0.0651. The number of ether oxygens (including phenoxy) is 2. The molecule has 0 saturated heterocycles. The summed E-state index contributed by atoms with van der Waals surface area (Å²) in [5, 5.41) is 0. The largest absolute Gasteiger partial charge is 0.497 e. The highest BCUT2D eigenvalue weighted by molar-refractivity contribution is 5.29. The fraction of sp³-hybridized carbons (Fsp3) is 0.647. The highest BCUT2D eigenvalue weighted by Crippen LogP contribution is 2.32. The van der Waals surface area contributed by atoms with Gasteiger partial charge >= 0.3 is 0 Å². The Labute approximate surface area is 122 Å². The second kappa shape index (κ2) is 7.09. The summed E-state index contributed by atoms with van der Waals surface area (Å²) in [6, 6.07) is 8.04. The Balaban J connectivity index is 2.09. The first-order valence-electron chi connectivity index (χ1n) is 7.67. The molecule has 3 nitrogen and oxygen atoms in total. The molecule has 2 N–H and O–H groups in total. The third kappa shape index (κ3) is 3.74. The van der Waals surface area contributed by atoms with Crippen LogP contribution in [0.5, 0.6) is 5.75 Å². The molecule has 112 valence electrons. The quantitative estimate of drug-likeness (QED) is 0.893. The van der Waals surface area contributed by atoms with Crippen molar-refractivity contribution >= 4 is 0 Å². The van der Waals surface area contributed by atoms with Crippen LogP contribution >= 0.6 is 0 Å². The second-order valence-corrected chi connectivity index (χ2v) is 5.99. The van der Waals surface area contributed by atoms with E-state index in [0.717, 1.165) is 17.7 Å². The molecule has 0 aromatic heterocycles. The minimum Gasteiger partial charge on any atom is -0.497 e. The van der Waals surface area contributed by atoms with E-state index < -0.39 is 0 Å². The predicted octanol–water partition coefficient (Wildman–Crippen LogP) is 3.68. The van der Waals surface area contributed by atoms with E-state index in [2.05, 4.69) is 19.1 Å². The molecule has 0 aliphatic heterocycles. The van der Waals surface area contributed by atoms with Crippen LogP contribution in [0.25, 0.3) is 0 Å². The first-order chi connectivity index (χ1) is 9.61. The molecule has 1 saturated carbocycles. The summed E-state index contributed by atoms with van der Waals surface area (Å²) < 4.78 is 11.6. The van der Waals surface area contributed by atoms with Gasteiger partial charge in [0, 0.05) is 6.04 Å². The van der Waals surface area contributed by atoms with Gasteiger partial charge in [0.25, 0.3) is 0 Å². The first kappa shape index (κ1) is 15.3. The van der Waals surface area contributed by atoms with E-state index in [1.54, 1.807) is 7.11 Å². The van der Waals surface area contributed by atoms with Crippen molar-refractivity contribution in [2.75, 3.05) is 7.11 Å². The Morgan fingerprint density at radius 2 is 1.80 bits per heavy atom. The van der Waals surface area contributed by atoms with Gasteiger partial charge in [0.1, 0.15) is 5.75 Å². The molecule has 1 aliphatic rings. The third-order valence-corrected chi connectivity index (χ3v) is 4.28. The molecule has 3 heteroatoms. The van der Waals surface area contributed by atoms with Crippen molar-refractivity contribution in [3.63, 3.8) is 0 Å². The van der Waals surface area contributed by atoms with Gasteiger partial charge in [-0.15, -0.1) is 0 Å². The monoisotopic (exact) mass is 277 g/mol. The maximum Gasteiger partial charge on any atom is 0.118 e. The number of rotatable bonds is 5.